The molecule has 0 atom stereocenters. The van der Waals surface area contributed by atoms with E-state index in [-0.39, 0.29) is 5.91 Å². The molecule has 25 heavy (non-hydrogen) atoms. The molecule has 0 aromatic carbocycles. The van der Waals surface area contributed by atoms with Crippen molar-refractivity contribution in [1.29, 1.82) is 0 Å². The highest BCUT2D eigenvalue weighted by atomic mass is 32.1. The summed E-state index contributed by atoms with van der Waals surface area (Å²) in [5, 5.41) is 3.51. The SMILES string of the molecule is CCCCCCCCCCCCCC(=O)NC(=S)N(CCC)CCC. The summed E-state index contributed by atoms with van der Waals surface area (Å²) < 4.78 is 0. The molecule has 0 aliphatic carbocycles. The van der Waals surface area contributed by atoms with Crippen LogP contribution in [0.2, 0.25) is 0 Å². The second-order valence-electron chi connectivity index (χ2n) is 7.13. The van der Waals surface area contributed by atoms with E-state index in [1.807, 2.05) is 0 Å². The molecule has 0 saturated carbocycles. The van der Waals surface area contributed by atoms with Crippen LogP contribution in [0, 0.1) is 0 Å². The Morgan fingerprint density at radius 1 is 0.720 bits per heavy atom. The maximum Gasteiger partial charge on any atom is 0.226 e. The van der Waals surface area contributed by atoms with Gasteiger partial charge in [-0.2, -0.15) is 0 Å². The van der Waals surface area contributed by atoms with Crippen molar-refractivity contribution in [1.82, 2.24) is 10.2 Å². The van der Waals surface area contributed by atoms with Gasteiger partial charge in [-0.05, 0) is 31.5 Å². The second kappa shape index (κ2) is 18.2. The highest BCUT2D eigenvalue weighted by Crippen LogP contribution is 2.11. The number of carbonyl (C=O) groups excluding carboxylic acids is 1. The summed E-state index contributed by atoms with van der Waals surface area (Å²) in [7, 11) is 0. The van der Waals surface area contributed by atoms with Crippen LogP contribution < -0.4 is 5.32 Å². The number of thiocarbonyl (C=S) groups is 1. The minimum atomic E-state index is 0.0816. The fraction of sp³-hybridized carbons (Fsp3) is 0.905. The largest absolute Gasteiger partial charge is 0.349 e. The van der Waals surface area contributed by atoms with E-state index in [9.17, 15) is 4.79 Å². The van der Waals surface area contributed by atoms with Gasteiger partial charge in [0.2, 0.25) is 5.91 Å². The van der Waals surface area contributed by atoms with Gasteiger partial charge in [0.25, 0.3) is 0 Å². The highest BCUT2D eigenvalue weighted by molar-refractivity contribution is 7.80. The van der Waals surface area contributed by atoms with Gasteiger partial charge in [-0.25, -0.2) is 0 Å². The first-order valence-electron chi connectivity index (χ1n) is 10.7. The van der Waals surface area contributed by atoms with E-state index in [0.29, 0.717) is 11.5 Å². The Morgan fingerprint density at radius 3 is 1.60 bits per heavy atom. The van der Waals surface area contributed by atoms with E-state index in [0.717, 1.165) is 38.8 Å². The van der Waals surface area contributed by atoms with Crippen molar-refractivity contribution in [2.75, 3.05) is 13.1 Å². The first kappa shape index (κ1) is 24.4. The molecule has 0 aromatic heterocycles. The Labute approximate surface area is 162 Å². The van der Waals surface area contributed by atoms with Crippen molar-refractivity contribution in [3.05, 3.63) is 0 Å². The van der Waals surface area contributed by atoms with E-state index in [1.54, 1.807) is 0 Å². The standard InChI is InChI=1S/C21H42N2OS/c1-4-7-8-9-10-11-12-13-14-15-16-17-20(24)22-21(25)23(18-5-2)19-6-3/h4-19H2,1-3H3,(H,22,24,25). The molecule has 0 aromatic rings. The predicted molar refractivity (Wildman–Crippen MR) is 114 cm³/mol. The Kier molecular flexibility index (Phi) is 17.7. The molecule has 1 N–H and O–H groups in total. The van der Waals surface area contributed by atoms with Gasteiger partial charge >= 0.3 is 0 Å². The third-order valence-corrected chi connectivity index (χ3v) is 4.89. The van der Waals surface area contributed by atoms with Crippen LogP contribution in [0.25, 0.3) is 0 Å². The fourth-order valence-corrected chi connectivity index (χ4v) is 3.36. The average Bonchev–Trinajstić information content (AvgIpc) is 2.59. The van der Waals surface area contributed by atoms with Crippen molar-refractivity contribution >= 4 is 23.2 Å². The Morgan fingerprint density at radius 2 is 1.16 bits per heavy atom. The Hall–Kier alpha value is -0.640. The summed E-state index contributed by atoms with van der Waals surface area (Å²) in [6.07, 6.45) is 17.1. The number of nitrogens with one attached hydrogen (secondary N) is 1. The Balaban J connectivity index is 3.55. The number of hydrogen-bond donors (Lipinski definition) is 1. The average molecular weight is 371 g/mol. The van der Waals surface area contributed by atoms with Crippen molar-refractivity contribution in [2.24, 2.45) is 0 Å². The number of amides is 1. The van der Waals surface area contributed by atoms with Crippen LogP contribution in [-0.2, 0) is 4.79 Å². The van der Waals surface area contributed by atoms with Crippen LogP contribution in [-0.4, -0.2) is 29.0 Å². The normalized spacial score (nSPS) is 10.7. The summed E-state index contributed by atoms with van der Waals surface area (Å²) >= 11 is 5.36. The van der Waals surface area contributed by atoms with Gasteiger partial charge < -0.3 is 10.2 Å². The zero-order chi connectivity index (χ0) is 18.8. The monoisotopic (exact) mass is 370 g/mol. The lowest BCUT2D eigenvalue weighted by molar-refractivity contribution is -0.119. The van der Waals surface area contributed by atoms with Crippen LogP contribution in [0.4, 0.5) is 0 Å². The molecule has 0 rings (SSSR count). The smallest absolute Gasteiger partial charge is 0.226 e. The molecule has 0 unspecified atom stereocenters. The first-order valence-corrected chi connectivity index (χ1v) is 11.1. The summed E-state index contributed by atoms with van der Waals surface area (Å²) in [5.41, 5.74) is 0. The minimum absolute atomic E-state index is 0.0816. The predicted octanol–water partition coefficient (Wildman–Crippen LogP) is 6.21. The zero-order valence-corrected chi connectivity index (χ0v) is 17.9. The molecule has 3 nitrogen and oxygen atoms in total. The number of unbranched alkanes of at least 4 members (excludes halogenated alkanes) is 10. The first-order chi connectivity index (χ1) is 12.2. The molecule has 0 saturated heterocycles. The van der Waals surface area contributed by atoms with E-state index in [2.05, 4.69) is 31.0 Å². The fourth-order valence-electron chi connectivity index (χ4n) is 3.07. The number of nitrogens with zero attached hydrogens (tertiary/aromatic N) is 1. The molecule has 0 spiro atoms. The lowest BCUT2D eigenvalue weighted by Crippen LogP contribution is -2.43. The third kappa shape index (κ3) is 15.3. The molecule has 0 radical (unpaired) electrons. The molecule has 148 valence electrons. The minimum Gasteiger partial charge on any atom is -0.349 e. The maximum absolute atomic E-state index is 12.0. The molecule has 0 aliphatic rings. The number of carbonyl (C=O) groups is 1. The lowest BCUT2D eigenvalue weighted by atomic mass is 10.1. The van der Waals surface area contributed by atoms with Gasteiger partial charge in [0.15, 0.2) is 5.11 Å². The summed E-state index contributed by atoms with van der Waals surface area (Å²) in [6.45, 7) is 8.38. The topological polar surface area (TPSA) is 32.3 Å². The zero-order valence-electron chi connectivity index (χ0n) is 17.1. The van der Waals surface area contributed by atoms with Crippen molar-refractivity contribution in [3.63, 3.8) is 0 Å². The van der Waals surface area contributed by atoms with Gasteiger partial charge in [-0.1, -0.05) is 85.0 Å². The molecule has 0 fully saturated rings. The van der Waals surface area contributed by atoms with Crippen molar-refractivity contribution < 1.29 is 4.79 Å². The van der Waals surface area contributed by atoms with Gasteiger partial charge in [-0.3, -0.25) is 4.79 Å². The molecule has 4 heteroatoms. The number of rotatable bonds is 16. The van der Waals surface area contributed by atoms with Gasteiger partial charge in [0, 0.05) is 19.5 Å². The maximum atomic E-state index is 12.0. The van der Waals surface area contributed by atoms with E-state index in [4.69, 9.17) is 12.2 Å². The van der Waals surface area contributed by atoms with Gasteiger partial charge in [-0.15, -0.1) is 0 Å². The van der Waals surface area contributed by atoms with Crippen molar-refractivity contribution in [2.45, 2.75) is 111 Å². The van der Waals surface area contributed by atoms with Crippen LogP contribution in [0.1, 0.15) is 111 Å². The van der Waals surface area contributed by atoms with E-state index < -0.39 is 0 Å². The van der Waals surface area contributed by atoms with Crippen LogP contribution in [0.5, 0.6) is 0 Å². The second-order valence-corrected chi connectivity index (χ2v) is 7.51. The molecular formula is C21H42N2OS. The highest BCUT2D eigenvalue weighted by Gasteiger charge is 2.10. The molecule has 0 heterocycles. The van der Waals surface area contributed by atoms with Crippen LogP contribution in [0.15, 0.2) is 0 Å². The molecular weight excluding hydrogens is 328 g/mol. The summed E-state index contributed by atoms with van der Waals surface area (Å²) in [6, 6.07) is 0. The van der Waals surface area contributed by atoms with Crippen LogP contribution >= 0.6 is 12.2 Å². The molecule has 0 bridgehead atoms. The summed E-state index contributed by atoms with van der Waals surface area (Å²) in [5.74, 6) is 0.0816. The van der Waals surface area contributed by atoms with Crippen LogP contribution in [0.3, 0.4) is 0 Å². The number of hydrogen-bond acceptors (Lipinski definition) is 2. The van der Waals surface area contributed by atoms with Gasteiger partial charge in [0.1, 0.15) is 0 Å². The van der Waals surface area contributed by atoms with E-state index >= 15 is 0 Å². The lowest BCUT2D eigenvalue weighted by Gasteiger charge is -2.24. The van der Waals surface area contributed by atoms with Gasteiger partial charge in [0.05, 0.1) is 0 Å². The van der Waals surface area contributed by atoms with Crippen molar-refractivity contribution in [3.8, 4) is 0 Å². The Bertz CT molecular complexity index is 328. The third-order valence-electron chi connectivity index (χ3n) is 4.53. The summed E-state index contributed by atoms with van der Waals surface area (Å²) in [4.78, 5) is 14.1. The molecule has 1 amide bonds. The van der Waals surface area contributed by atoms with E-state index in [1.165, 1.54) is 57.8 Å². The molecule has 0 aliphatic heterocycles. The quantitative estimate of drug-likeness (QED) is 0.259.